The molecule has 9 heteroatoms. The Hall–Kier alpha value is -3.20. The van der Waals surface area contributed by atoms with E-state index in [1.165, 1.54) is 25.4 Å². The van der Waals surface area contributed by atoms with E-state index in [1.807, 2.05) is 30.3 Å². The van der Waals surface area contributed by atoms with Gasteiger partial charge in [-0.1, -0.05) is 35.5 Å². The standard InChI is InChI=1S/C18H18N4O4S/c1-11(23)22-14(12-6-4-3-5-7-12)9-15(20-22)19-16-8-13(10-27-16)17(18(24)25)21-26-2/h3-8,10,14H,9H2,1-2H3,(H,19,20)(H,24,25). The molecule has 1 aliphatic heterocycles. The number of carbonyl (C=O) groups excluding carboxylic acids is 1. The van der Waals surface area contributed by atoms with E-state index in [0.29, 0.717) is 22.8 Å². The lowest BCUT2D eigenvalue weighted by Gasteiger charge is -2.22. The van der Waals surface area contributed by atoms with Gasteiger partial charge in [-0.2, -0.15) is 0 Å². The number of carboxylic acids is 1. The van der Waals surface area contributed by atoms with Crippen LogP contribution in [0, 0.1) is 0 Å². The summed E-state index contributed by atoms with van der Waals surface area (Å²) in [5.41, 5.74) is 4.28. The highest BCUT2D eigenvalue weighted by Crippen LogP contribution is 2.31. The Morgan fingerprint density at radius 3 is 2.70 bits per heavy atom. The fourth-order valence-electron chi connectivity index (χ4n) is 2.80. The maximum absolute atomic E-state index is 12.0. The van der Waals surface area contributed by atoms with Gasteiger partial charge in [0.25, 0.3) is 0 Å². The zero-order valence-corrected chi connectivity index (χ0v) is 15.6. The number of aliphatic carboxylic acids is 1. The summed E-state index contributed by atoms with van der Waals surface area (Å²) >= 11 is 1.28. The highest BCUT2D eigenvalue weighted by molar-refractivity contribution is 7.14. The second-order valence-corrected chi connectivity index (χ2v) is 6.68. The average molecular weight is 386 g/mol. The van der Waals surface area contributed by atoms with E-state index >= 15 is 0 Å². The number of nitrogens with zero attached hydrogens (tertiary/aromatic N) is 3. The number of rotatable bonds is 5. The van der Waals surface area contributed by atoms with Crippen molar-refractivity contribution in [1.29, 1.82) is 0 Å². The molecule has 2 heterocycles. The highest BCUT2D eigenvalue weighted by Gasteiger charge is 2.32. The zero-order valence-electron chi connectivity index (χ0n) is 14.7. The zero-order chi connectivity index (χ0) is 19.4. The van der Waals surface area contributed by atoms with Gasteiger partial charge in [0.1, 0.15) is 17.9 Å². The summed E-state index contributed by atoms with van der Waals surface area (Å²) < 4.78 is 0. The van der Waals surface area contributed by atoms with Gasteiger partial charge in [-0.3, -0.25) is 10.2 Å². The summed E-state index contributed by atoms with van der Waals surface area (Å²) in [5, 5.41) is 16.6. The van der Waals surface area contributed by atoms with Gasteiger partial charge in [-0.05, 0) is 11.6 Å². The molecular weight excluding hydrogens is 368 g/mol. The Kier molecular flexibility index (Phi) is 5.51. The van der Waals surface area contributed by atoms with Crippen molar-refractivity contribution in [1.82, 2.24) is 10.4 Å². The molecule has 140 valence electrons. The minimum absolute atomic E-state index is 0.110. The number of oxime groups is 1. The van der Waals surface area contributed by atoms with Crippen LogP contribution in [-0.4, -0.2) is 40.6 Å². The third-order valence-corrected chi connectivity index (χ3v) is 4.78. The van der Waals surface area contributed by atoms with Crippen LogP contribution in [0.2, 0.25) is 0 Å². The Morgan fingerprint density at radius 2 is 2.07 bits per heavy atom. The average Bonchev–Trinajstić information content (AvgIpc) is 3.28. The molecule has 0 radical (unpaired) electrons. The fourth-order valence-corrected chi connectivity index (χ4v) is 3.58. The van der Waals surface area contributed by atoms with Crippen molar-refractivity contribution in [3.8, 4) is 0 Å². The van der Waals surface area contributed by atoms with Crippen LogP contribution in [0.5, 0.6) is 0 Å². The SMILES string of the molecule is CON=C(C(=O)O)c1csc(/N=C2/CC(c3ccccc3)N(C(C)=O)N2)c1. The maximum Gasteiger partial charge on any atom is 0.358 e. The Morgan fingerprint density at radius 1 is 1.33 bits per heavy atom. The molecule has 1 aromatic carbocycles. The molecule has 2 N–H and O–H groups in total. The van der Waals surface area contributed by atoms with Crippen molar-refractivity contribution in [3.05, 3.63) is 52.9 Å². The number of carbonyl (C=O) groups is 2. The Bertz CT molecular complexity index is 907. The number of hydrogen-bond acceptors (Lipinski definition) is 6. The van der Waals surface area contributed by atoms with Gasteiger partial charge in [0.15, 0.2) is 5.71 Å². The molecule has 1 unspecified atom stereocenters. The fraction of sp³-hybridized carbons (Fsp3) is 0.222. The van der Waals surface area contributed by atoms with Crippen LogP contribution in [0.3, 0.4) is 0 Å². The highest BCUT2D eigenvalue weighted by atomic mass is 32.1. The van der Waals surface area contributed by atoms with E-state index in [9.17, 15) is 14.7 Å². The van der Waals surface area contributed by atoms with Gasteiger partial charge in [0.2, 0.25) is 5.91 Å². The number of amides is 1. The van der Waals surface area contributed by atoms with Crippen LogP contribution < -0.4 is 5.43 Å². The predicted octanol–water partition coefficient (Wildman–Crippen LogP) is 2.71. The van der Waals surface area contributed by atoms with Crippen molar-refractivity contribution in [2.45, 2.75) is 19.4 Å². The van der Waals surface area contributed by atoms with Crippen molar-refractivity contribution < 1.29 is 19.5 Å². The Balaban J connectivity index is 1.85. The molecule has 1 aromatic heterocycles. The summed E-state index contributed by atoms with van der Waals surface area (Å²) in [6, 6.07) is 11.2. The molecule has 8 nitrogen and oxygen atoms in total. The summed E-state index contributed by atoms with van der Waals surface area (Å²) in [6.45, 7) is 1.50. The monoisotopic (exact) mass is 386 g/mol. The number of thiophene rings is 1. The normalized spacial score (nSPS) is 18.4. The first-order valence-corrected chi connectivity index (χ1v) is 9.00. The number of hydrogen-bond donors (Lipinski definition) is 2. The second-order valence-electron chi connectivity index (χ2n) is 5.79. The predicted molar refractivity (Wildman–Crippen MR) is 102 cm³/mol. The molecule has 1 aliphatic rings. The quantitative estimate of drug-likeness (QED) is 0.607. The number of nitrogens with one attached hydrogen (secondary N) is 1. The topological polar surface area (TPSA) is 104 Å². The van der Waals surface area contributed by atoms with Crippen molar-refractivity contribution in [2.24, 2.45) is 10.1 Å². The van der Waals surface area contributed by atoms with Gasteiger partial charge in [0.05, 0.1) is 6.04 Å². The molecule has 1 fully saturated rings. The molecular formula is C18H18N4O4S. The third-order valence-electron chi connectivity index (χ3n) is 3.96. The van der Waals surface area contributed by atoms with Gasteiger partial charge >= 0.3 is 5.97 Å². The second kappa shape index (κ2) is 8.00. The molecule has 0 aliphatic carbocycles. The van der Waals surface area contributed by atoms with Crippen LogP contribution in [0.25, 0.3) is 0 Å². The number of amidine groups is 1. The smallest absolute Gasteiger partial charge is 0.358 e. The largest absolute Gasteiger partial charge is 0.476 e. The lowest BCUT2D eigenvalue weighted by Crippen LogP contribution is -2.38. The molecule has 1 amide bonds. The number of benzene rings is 1. The van der Waals surface area contributed by atoms with E-state index in [4.69, 9.17) is 0 Å². The first-order chi connectivity index (χ1) is 13.0. The first kappa shape index (κ1) is 18.6. The molecule has 0 spiro atoms. The number of carboxylic acid groups (broad SMARTS) is 1. The van der Waals surface area contributed by atoms with Gasteiger partial charge < -0.3 is 9.94 Å². The molecule has 2 aromatic rings. The lowest BCUT2D eigenvalue weighted by atomic mass is 10.0. The minimum Gasteiger partial charge on any atom is -0.476 e. The van der Waals surface area contributed by atoms with Crippen LogP contribution in [-0.2, 0) is 14.4 Å². The minimum atomic E-state index is -1.18. The summed E-state index contributed by atoms with van der Waals surface area (Å²) in [4.78, 5) is 32.4. The van der Waals surface area contributed by atoms with E-state index in [-0.39, 0.29) is 17.7 Å². The summed E-state index contributed by atoms with van der Waals surface area (Å²) in [6.07, 6.45) is 0.536. The van der Waals surface area contributed by atoms with Crippen molar-refractivity contribution in [3.63, 3.8) is 0 Å². The molecule has 27 heavy (non-hydrogen) atoms. The van der Waals surface area contributed by atoms with Crippen LogP contribution >= 0.6 is 11.3 Å². The van der Waals surface area contributed by atoms with Crippen molar-refractivity contribution >= 4 is 39.8 Å². The molecule has 1 atom stereocenters. The summed E-state index contributed by atoms with van der Waals surface area (Å²) in [5.74, 6) is -0.658. The number of aliphatic imine (C=N–C) groups is 1. The molecule has 0 saturated carbocycles. The van der Waals surface area contributed by atoms with Crippen LogP contribution in [0.15, 0.2) is 51.9 Å². The van der Waals surface area contributed by atoms with Crippen molar-refractivity contribution in [2.75, 3.05) is 7.11 Å². The van der Waals surface area contributed by atoms with Gasteiger partial charge in [-0.15, -0.1) is 11.3 Å². The lowest BCUT2D eigenvalue weighted by molar-refractivity contribution is -0.132. The van der Waals surface area contributed by atoms with E-state index in [0.717, 1.165) is 5.56 Å². The molecule has 1 saturated heterocycles. The van der Waals surface area contributed by atoms with E-state index in [1.54, 1.807) is 16.5 Å². The summed E-state index contributed by atoms with van der Waals surface area (Å²) in [7, 11) is 1.29. The Labute approximate surface area is 159 Å². The first-order valence-electron chi connectivity index (χ1n) is 8.12. The maximum atomic E-state index is 12.0. The van der Waals surface area contributed by atoms with E-state index < -0.39 is 5.97 Å². The van der Waals surface area contributed by atoms with E-state index in [2.05, 4.69) is 20.4 Å². The molecule has 0 bridgehead atoms. The van der Waals surface area contributed by atoms with Crippen LogP contribution in [0.4, 0.5) is 5.00 Å². The van der Waals surface area contributed by atoms with Gasteiger partial charge in [0, 0.05) is 24.3 Å². The third kappa shape index (κ3) is 4.14. The molecule has 3 rings (SSSR count). The van der Waals surface area contributed by atoms with Crippen LogP contribution in [0.1, 0.15) is 30.5 Å². The van der Waals surface area contributed by atoms with Gasteiger partial charge in [-0.25, -0.2) is 14.8 Å². The number of hydrazine groups is 1.